The Hall–Kier alpha value is -0.610. The van der Waals surface area contributed by atoms with Gasteiger partial charge in [-0.3, -0.25) is 10.1 Å². The van der Waals surface area contributed by atoms with Gasteiger partial charge in [0.05, 0.1) is 18.8 Å². The third-order valence-corrected chi connectivity index (χ3v) is 3.84. The molecular weight excluding hydrogens is 252 g/mol. The summed E-state index contributed by atoms with van der Waals surface area (Å²) in [6.07, 6.45) is 3.37. The van der Waals surface area contributed by atoms with Gasteiger partial charge in [0.15, 0.2) is 0 Å². The van der Waals surface area contributed by atoms with E-state index in [0.29, 0.717) is 25.0 Å². The van der Waals surface area contributed by atoms with E-state index in [1.807, 2.05) is 4.90 Å². The van der Waals surface area contributed by atoms with Gasteiger partial charge in [-0.2, -0.15) is 0 Å². The normalized spacial score (nSPS) is 23.4. The van der Waals surface area contributed by atoms with Crippen LogP contribution in [0.4, 0.5) is 0 Å². The zero-order valence-corrected chi connectivity index (χ0v) is 13.8. The fourth-order valence-corrected chi connectivity index (χ4v) is 2.54. The van der Waals surface area contributed by atoms with Crippen LogP contribution in [0.15, 0.2) is 0 Å². The zero-order chi connectivity index (χ0) is 15.1. The molecule has 1 aliphatic rings. The van der Waals surface area contributed by atoms with Gasteiger partial charge in [0.25, 0.3) is 0 Å². The first-order valence-electron chi connectivity index (χ1n) is 8.11. The second-order valence-electron chi connectivity index (χ2n) is 6.52. The molecule has 20 heavy (non-hydrogen) atoms. The van der Waals surface area contributed by atoms with E-state index in [0.717, 1.165) is 25.9 Å². The third kappa shape index (κ3) is 5.06. The minimum atomic E-state index is -0.0257. The van der Waals surface area contributed by atoms with Crippen LogP contribution in [0.25, 0.3) is 0 Å². The molecular formula is C16H32N2O2. The van der Waals surface area contributed by atoms with Gasteiger partial charge in [-0.25, -0.2) is 0 Å². The molecule has 4 heteroatoms. The summed E-state index contributed by atoms with van der Waals surface area (Å²) in [5.74, 6) is 1.25. The standard InChI is InChI=1S/C16H32N2O2/c1-6-7-14-17-15(13(4)5)16(19)18(14)9-11-20-10-8-12(2)3/h12-15,17H,6-11H2,1-5H3. The lowest BCUT2D eigenvalue weighted by atomic mass is 10.1. The van der Waals surface area contributed by atoms with Gasteiger partial charge in [0, 0.05) is 13.2 Å². The number of nitrogens with zero attached hydrogens (tertiary/aromatic N) is 1. The minimum absolute atomic E-state index is 0.0257. The van der Waals surface area contributed by atoms with Gasteiger partial charge in [0.2, 0.25) is 5.91 Å². The first-order chi connectivity index (χ1) is 9.47. The molecule has 2 unspecified atom stereocenters. The number of carbonyl (C=O) groups excluding carboxylic acids is 1. The first kappa shape index (κ1) is 17.4. The lowest BCUT2D eigenvalue weighted by molar-refractivity contribution is -0.131. The van der Waals surface area contributed by atoms with Gasteiger partial charge in [-0.05, 0) is 24.7 Å². The smallest absolute Gasteiger partial charge is 0.241 e. The van der Waals surface area contributed by atoms with Gasteiger partial charge in [0.1, 0.15) is 0 Å². The summed E-state index contributed by atoms with van der Waals surface area (Å²) < 4.78 is 5.66. The van der Waals surface area contributed by atoms with Crippen LogP contribution in [0, 0.1) is 11.8 Å². The number of rotatable bonds is 9. The molecule has 0 saturated carbocycles. The molecule has 0 aromatic heterocycles. The zero-order valence-electron chi connectivity index (χ0n) is 13.8. The number of ether oxygens (including phenoxy) is 1. The van der Waals surface area contributed by atoms with Crippen molar-refractivity contribution in [3.8, 4) is 0 Å². The molecule has 0 spiro atoms. The maximum absolute atomic E-state index is 12.4. The fraction of sp³-hybridized carbons (Fsp3) is 0.938. The Bertz CT molecular complexity index is 292. The third-order valence-electron chi connectivity index (χ3n) is 3.84. The molecule has 1 rings (SSSR count). The Morgan fingerprint density at radius 3 is 2.50 bits per heavy atom. The predicted molar refractivity (Wildman–Crippen MR) is 82.4 cm³/mol. The largest absolute Gasteiger partial charge is 0.380 e. The monoisotopic (exact) mass is 284 g/mol. The topological polar surface area (TPSA) is 41.6 Å². The molecule has 4 nitrogen and oxygen atoms in total. The molecule has 1 heterocycles. The van der Waals surface area contributed by atoms with Crippen molar-refractivity contribution in [3.63, 3.8) is 0 Å². The van der Waals surface area contributed by atoms with Crippen LogP contribution in [0.5, 0.6) is 0 Å². The lowest BCUT2D eigenvalue weighted by Crippen LogP contribution is -2.39. The van der Waals surface area contributed by atoms with E-state index in [9.17, 15) is 4.79 Å². The maximum atomic E-state index is 12.4. The summed E-state index contributed by atoms with van der Waals surface area (Å²) in [6.45, 7) is 12.9. The lowest BCUT2D eigenvalue weighted by Gasteiger charge is -2.23. The van der Waals surface area contributed by atoms with Gasteiger partial charge in [-0.1, -0.05) is 41.0 Å². The average molecular weight is 284 g/mol. The molecule has 1 amide bonds. The predicted octanol–water partition coefficient (Wildman–Crippen LogP) is 2.63. The molecule has 0 aromatic carbocycles. The Morgan fingerprint density at radius 1 is 1.25 bits per heavy atom. The molecule has 1 saturated heterocycles. The van der Waals surface area contributed by atoms with Crippen molar-refractivity contribution >= 4 is 5.91 Å². The number of hydrogen-bond acceptors (Lipinski definition) is 3. The molecule has 0 bridgehead atoms. The van der Waals surface area contributed by atoms with Gasteiger partial charge >= 0.3 is 0 Å². The van der Waals surface area contributed by atoms with E-state index in [2.05, 4.69) is 39.9 Å². The highest BCUT2D eigenvalue weighted by Gasteiger charge is 2.39. The number of nitrogens with one attached hydrogen (secondary N) is 1. The maximum Gasteiger partial charge on any atom is 0.241 e. The van der Waals surface area contributed by atoms with Crippen molar-refractivity contribution in [3.05, 3.63) is 0 Å². The van der Waals surface area contributed by atoms with Crippen molar-refractivity contribution in [1.82, 2.24) is 10.2 Å². The molecule has 0 radical (unpaired) electrons. The highest BCUT2D eigenvalue weighted by atomic mass is 16.5. The van der Waals surface area contributed by atoms with E-state index in [4.69, 9.17) is 4.74 Å². The van der Waals surface area contributed by atoms with Crippen molar-refractivity contribution in [2.75, 3.05) is 19.8 Å². The number of carbonyl (C=O) groups is 1. The highest BCUT2D eigenvalue weighted by molar-refractivity contribution is 5.84. The second-order valence-corrected chi connectivity index (χ2v) is 6.52. The Kier molecular flexibility index (Phi) is 7.52. The molecule has 1 fully saturated rings. The molecule has 0 aromatic rings. The summed E-state index contributed by atoms with van der Waals surface area (Å²) >= 11 is 0. The van der Waals surface area contributed by atoms with Gasteiger partial charge in [-0.15, -0.1) is 0 Å². The molecule has 118 valence electrons. The Labute approximate surface area is 124 Å². The van der Waals surface area contributed by atoms with Crippen molar-refractivity contribution < 1.29 is 9.53 Å². The summed E-state index contributed by atoms with van der Waals surface area (Å²) in [5, 5.41) is 3.47. The Balaban J connectivity index is 2.41. The van der Waals surface area contributed by atoms with Gasteiger partial charge < -0.3 is 9.64 Å². The SMILES string of the molecule is CCCC1NC(C(C)C)C(=O)N1CCOCCC(C)C. The summed E-state index contributed by atoms with van der Waals surface area (Å²) in [6, 6.07) is -0.0257. The van der Waals surface area contributed by atoms with E-state index in [-0.39, 0.29) is 18.1 Å². The molecule has 0 aliphatic carbocycles. The molecule has 1 aliphatic heterocycles. The van der Waals surface area contributed by atoms with Crippen LogP contribution < -0.4 is 5.32 Å². The molecule has 2 atom stereocenters. The van der Waals surface area contributed by atoms with Crippen LogP contribution >= 0.6 is 0 Å². The first-order valence-corrected chi connectivity index (χ1v) is 8.11. The van der Waals surface area contributed by atoms with E-state index in [1.165, 1.54) is 0 Å². The second kappa shape index (κ2) is 8.63. The summed E-state index contributed by atoms with van der Waals surface area (Å²) in [7, 11) is 0. The molecule has 1 N–H and O–H groups in total. The summed E-state index contributed by atoms with van der Waals surface area (Å²) in [5.41, 5.74) is 0. The van der Waals surface area contributed by atoms with Crippen molar-refractivity contribution in [2.24, 2.45) is 11.8 Å². The van der Waals surface area contributed by atoms with Crippen LogP contribution in [-0.4, -0.2) is 42.8 Å². The quantitative estimate of drug-likeness (QED) is 0.662. The number of hydrogen-bond donors (Lipinski definition) is 1. The Morgan fingerprint density at radius 2 is 1.95 bits per heavy atom. The average Bonchev–Trinajstić information content (AvgIpc) is 2.67. The van der Waals surface area contributed by atoms with Crippen molar-refractivity contribution in [2.45, 2.75) is 66.1 Å². The summed E-state index contributed by atoms with van der Waals surface area (Å²) in [4.78, 5) is 14.4. The highest BCUT2D eigenvalue weighted by Crippen LogP contribution is 2.19. The van der Waals surface area contributed by atoms with E-state index >= 15 is 0 Å². The van der Waals surface area contributed by atoms with Crippen molar-refractivity contribution in [1.29, 1.82) is 0 Å². The van der Waals surface area contributed by atoms with E-state index in [1.54, 1.807) is 0 Å². The van der Waals surface area contributed by atoms with Crippen LogP contribution in [0.1, 0.15) is 53.9 Å². The van der Waals surface area contributed by atoms with Crippen LogP contribution in [-0.2, 0) is 9.53 Å². The number of amides is 1. The van der Waals surface area contributed by atoms with E-state index < -0.39 is 0 Å². The fourth-order valence-electron chi connectivity index (χ4n) is 2.54. The van der Waals surface area contributed by atoms with Crippen LogP contribution in [0.3, 0.4) is 0 Å². The van der Waals surface area contributed by atoms with Crippen LogP contribution in [0.2, 0.25) is 0 Å². The minimum Gasteiger partial charge on any atom is -0.380 e.